The molecule has 0 radical (unpaired) electrons. The van der Waals surface area contributed by atoms with Gasteiger partial charge < -0.3 is 5.32 Å². The van der Waals surface area contributed by atoms with E-state index >= 15 is 0 Å². The maximum absolute atomic E-state index is 12.5. The van der Waals surface area contributed by atoms with Crippen LogP contribution in [0.1, 0.15) is 45.9 Å². The molecule has 0 unspecified atom stereocenters. The minimum atomic E-state index is -3.32. The molecule has 6 heteroatoms. The molecule has 0 saturated carbocycles. The molecule has 1 aliphatic rings. The molecule has 132 valence electrons. The van der Waals surface area contributed by atoms with Crippen molar-refractivity contribution in [3.63, 3.8) is 0 Å². The molecule has 2 aromatic rings. The first-order chi connectivity index (χ1) is 11.8. The smallest absolute Gasteiger partial charge is 0.251 e. The molecule has 3 rings (SSSR count). The van der Waals surface area contributed by atoms with Crippen LogP contribution in [0.5, 0.6) is 0 Å². The molecule has 5 nitrogen and oxygen atoms in total. The van der Waals surface area contributed by atoms with Gasteiger partial charge in [0.15, 0.2) is 0 Å². The summed E-state index contributed by atoms with van der Waals surface area (Å²) in [6.45, 7) is 2.08. The standard InChI is InChI=1S/C19H22N2O3S/c1-13-6-11-17-15(12-13)4-3-5-18(17)20-19(22)14-7-9-16(10-8-14)21-25(2,23)24/h6-12,18,21H,3-5H2,1-2H3,(H,20,22)/t18-/m0/s1. The predicted molar refractivity (Wildman–Crippen MR) is 99.2 cm³/mol. The molecule has 0 fully saturated rings. The number of hydrogen-bond donors (Lipinski definition) is 2. The van der Waals surface area contributed by atoms with Gasteiger partial charge in [-0.1, -0.05) is 23.8 Å². The van der Waals surface area contributed by atoms with Crippen LogP contribution in [-0.4, -0.2) is 20.6 Å². The molecular weight excluding hydrogens is 336 g/mol. The lowest BCUT2D eigenvalue weighted by Gasteiger charge is -2.27. The van der Waals surface area contributed by atoms with Crippen LogP contribution in [0.25, 0.3) is 0 Å². The third-order valence-electron chi connectivity index (χ3n) is 4.37. The topological polar surface area (TPSA) is 75.3 Å². The lowest BCUT2D eigenvalue weighted by atomic mass is 9.86. The maximum Gasteiger partial charge on any atom is 0.251 e. The van der Waals surface area contributed by atoms with E-state index < -0.39 is 10.0 Å². The predicted octanol–water partition coefficient (Wildman–Crippen LogP) is 3.17. The largest absolute Gasteiger partial charge is 0.345 e. The average Bonchev–Trinajstić information content (AvgIpc) is 2.54. The van der Waals surface area contributed by atoms with Gasteiger partial charge in [0, 0.05) is 11.3 Å². The van der Waals surface area contributed by atoms with E-state index in [1.165, 1.54) is 16.7 Å². The molecule has 0 heterocycles. The summed E-state index contributed by atoms with van der Waals surface area (Å²) in [5.74, 6) is -0.149. The summed E-state index contributed by atoms with van der Waals surface area (Å²) in [6, 6.07) is 12.8. The van der Waals surface area contributed by atoms with Gasteiger partial charge >= 0.3 is 0 Å². The van der Waals surface area contributed by atoms with E-state index in [9.17, 15) is 13.2 Å². The first-order valence-corrected chi connectivity index (χ1v) is 10.2. The van der Waals surface area contributed by atoms with Crippen molar-refractivity contribution >= 4 is 21.6 Å². The van der Waals surface area contributed by atoms with Gasteiger partial charge in [-0.25, -0.2) is 8.42 Å². The second-order valence-electron chi connectivity index (χ2n) is 6.57. The van der Waals surface area contributed by atoms with Crippen molar-refractivity contribution in [3.8, 4) is 0 Å². The van der Waals surface area contributed by atoms with Crippen molar-refractivity contribution < 1.29 is 13.2 Å². The Kier molecular flexibility index (Phi) is 4.81. The maximum atomic E-state index is 12.5. The second kappa shape index (κ2) is 6.88. The summed E-state index contributed by atoms with van der Waals surface area (Å²) < 4.78 is 24.9. The number of sulfonamides is 1. The average molecular weight is 358 g/mol. The zero-order chi connectivity index (χ0) is 18.0. The number of aryl methyl sites for hydroxylation is 2. The van der Waals surface area contributed by atoms with Crippen LogP contribution in [-0.2, 0) is 16.4 Å². The van der Waals surface area contributed by atoms with E-state index in [1.54, 1.807) is 24.3 Å². The molecule has 0 aliphatic heterocycles. The molecule has 0 saturated heterocycles. The SMILES string of the molecule is Cc1ccc2c(c1)CCC[C@@H]2NC(=O)c1ccc(NS(C)(=O)=O)cc1. The van der Waals surface area contributed by atoms with Gasteiger partial charge in [0.1, 0.15) is 0 Å². The summed E-state index contributed by atoms with van der Waals surface area (Å²) in [6.07, 6.45) is 4.12. The van der Waals surface area contributed by atoms with E-state index in [1.807, 2.05) is 0 Å². The number of benzene rings is 2. The van der Waals surface area contributed by atoms with Crippen LogP contribution in [0.2, 0.25) is 0 Å². The number of hydrogen-bond acceptors (Lipinski definition) is 3. The Morgan fingerprint density at radius 1 is 1.12 bits per heavy atom. The van der Waals surface area contributed by atoms with Gasteiger partial charge in [-0.2, -0.15) is 0 Å². The number of anilines is 1. The zero-order valence-electron chi connectivity index (χ0n) is 14.4. The molecule has 2 N–H and O–H groups in total. The molecular formula is C19H22N2O3S. The molecule has 2 aromatic carbocycles. The lowest BCUT2D eigenvalue weighted by molar-refractivity contribution is 0.0933. The van der Waals surface area contributed by atoms with Crippen molar-refractivity contribution in [3.05, 3.63) is 64.7 Å². The summed E-state index contributed by atoms with van der Waals surface area (Å²) >= 11 is 0. The zero-order valence-corrected chi connectivity index (χ0v) is 15.2. The number of fused-ring (bicyclic) bond motifs is 1. The molecule has 1 amide bonds. The van der Waals surface area contributed by atoms with Crippen molar-refractivity contribution in [2.75, 3.05) is 11.0 Å². The second-order valence-corrected chi connectivity index (χ2v) is 8.32. The quantitative estimate of drug-likeness (QED) is 0.881. The van der Waals surface area contributed by atoms with Crippen molar-refractivity contribution in [2.24, 2.45) is 0 Å². The van der Waals surface area contributed by atoms with Gasteiger partial charge in [0.2, 0.25) is 10.0 Å². The lowest BCUT2D eigenvalue weighted by Crippen LogP contribution is -2.31. The van der Waals surface area contributed by atoms with Crippen LogP contribution in [0.15, 0.2) is 42.5 Å². The highest BCUT2D eigenvalue weighted by atomic mass is 32.2. The molecule has 25 heavy (non-hydrogen) atoms. The van der Waals surface area contributed by atoms with E-state index in [4.69, 9.17) is 0 Å². The van der Waals surface area contributed by atoms with Crippen LogP contribution in [0, 0.1) is 6.92 Å². The van der Waals surface area contributed by atoms with E-state index in [-0.39, 0.29) is 11.9 Å². The molecule has 1 aliphatic carbocycles. The number of carbonyl (C=O) groups excluding carboxylic acids is 1. The Bertz CT molecular complexity index is 889. The van der Waals surface area contributed by atoms with Crippen molar-refractivity contribution in [2.45, 2.75) is 32.2 Å². The highest BCUT2D eigenvalue weighted by molar-refractivity contribution is 7.92. The highest BCUT2D eigenvalue weighted by Gasteiger charge is 2.22. The summed E-state index contributed by atoms with van der Waals surface area (Å²) in [5.41, 5.74) is 4.69. The fourth-order valence-electron chi connectivity index (χ4n) is 3.24. The Morgan fingerprint density at radius 3 is 2.52 bits per heavy atom. The Morgan fingerprint density at radius 2 is 1.84 bits per heavy atom. The normalized spacial score (nSPS) is 16.8. The van der Waals surface area contributed by atoms with Crippen molar-refractivity contribution in [1.82, 2.24) is 5.32 Å². The number of nitrogens with one attached hydrogen (secondary N) is 2. The van der Waals surface area contributed by atoms with Gasteiger partial charge in [-0.05, 0) is 61.6 Å². The van der Waals surface area contributed by atoms with Crippen LogP contribution < -0.4 is 10.0 Å². The number of carbonyl (C=O) groups is 1. The Labute approximate surface area is 148 Å². The minimum Gasteiger partial charge on any atom is -0.345 e. The molecule has 1 atom stereocenters. The van der Waals surface area contributed by atoms with Crippen LogP contribution >= 0.6 is 0 Å². The summed E-state index contributed by atoms with van der Waals surface area (Å²) in [7, 11) is -3.32. The summed E-state index contributed by atoms with van der Waals surface area (Å²) in [5, 5.41) is 3.10. The summed E-state index contributed by atoms with van der Waals surface area (Å²) in [4.78, 5) is 12.5. The van der Waals surface area contributed by atoms with Gasteiger partial charge in [0.05, 0.1) is 12.3 Å². The fourth-order valence-corrected chi connectivity index (χ4v) is 3.80. The fraction of sp³-hybridized carbons (Fsp3) is 0.316. The molecule has 0 spiro atoms. The number of rotatable bonds is 4. The Balaban J connectivity index is 1.73. The van der Waals surface area contributed by atoms with Gasteiger partial charge in [0.25, 0.3) is 5.91 Å². The van der Waals surface area contributed by atoms with Gasteiger partial charge in [-0.3, -0.25) is 9.52 Å². The highest BCUT2D eigenvalue weighted by Crippen LogP contribution is 2.30. The third-order valence-corrected chi connectivity index (χ3v) is 4.97. The van der Waals surface area contributed by atoms with Crippen LogP contribution in [0.3, 0.4) is 0 Å². The third kappa shape index (κ3) is 4.39. The Hall–Kier alpha value is -2.34. The van der Waals surface area contributed by atoms with E-state index in [0.717, 1.165) is 25.5 Å². The van der Waals surface area contributed by atoms with Gasteiger partial charge in [-0.15, -0.1) is 0 Å². The first kappa shape index (κ1) is 17.5. The first-order valence-electron chi connectivity index (χ1n) is 8.30. The van der Waals surface area contributed by atoms with Crippen LogP contribution in [0.4, 0.5) is 5.69 Å². The minimum absolute atomic E-state index is 0.0191. The van der Waals surface area contributed by atoms with E-state index in [2.05, 4.69) is 35.2 Å². The number of amides is 1. The molecule has 0 aromatic heterocycles. The van der Waals surface area contributed by atoms with Crippen molar-refractivity contribution in [1.29, 1.82) is 0 Å². The molecule has 0 bridgehead atoms. The van der Waals surface area contributed by atoms with E-state index in [0.29, 0.717) is 11.3 Å². The monoisotopic (exact) mass is 358 g/mol.